The van der Waals surface area contributed by atoms with Crippen LogP contribution in [0.15, 0.2) is 46.2 Å². The van der Waals surface area contributed by atoms with Gasteiger partial charge in [0.1, 0.15) is 5.75 Å². The zero-order valence-electron chi connectivity index (χ0n) is 13.9. The van der Waals surface area contributed by atoms with Crippen LogP contribution in [-0.2, 0) is 9.84 Å². The molecule has 0 radical (unpaired) electrons. The van der Waals surface area contributed by atoms with Gasteiger partial charge in [-0.15, -0.1) is 0 Å². The summed E-state index contributed by atoms with van der Waals surface area (Å²) >= 11 is 0. The topological polar surface area (TPSA) is 69.6 Å². The zero-order valence-corrected chi connectivity index (χ0v) is 14.7. The van der Waals surface area contributed by atoms with E-state index >= 15 is 0 Å². The molecule has 6 heteroatoms. The molecule has 0 atom stereocenters. The minimum Gasteiger partial charge on any atom is -0.508 e. The Kier molecular flexibility index (Phi) is 4.51. The molecule has 2 N–H and O–H groups in total. The van der Waals surface area contributed by atoms with Gasteiger partial charge in [-0.05, 0) is 37.6 Å². The van der Waals surface area contributed by atoms with Crippen LogP contribution in [0.2, 0.25) is 0 Å². The second kappa shape index (κ2) is 6.45. The van der Waals surface area contributed by atoms with Crippen LogP contribution in [0.3, 0.4) is 0 Å². The lowest BCUT2D eigenvalue weighted by molar-refractivity contribution is 0.473. The first-order valence-electron chi connectivity index (χ1n) is 8.00. The monoisotopic (exact) mass is 346 g/mol. The predicted molar refractivity (Wildman–Crippen MR) is 94.6 cm³/mol. The second-order valence-electron chi connectivity index (χ2n) is 6.16. The van der Waals surface area contributed by atoms with E-state index < -0.39 is 9.84 Å². The van der Waals surface area contributed by atoms with Crippen LogP contribution in [0, 0.1) is 13.8 Å². The highest BCUT2D eigenvalue weighted by molar-refractivity contribution is 7.91. The molecule has 128 valence electrons. The maximum Gasteiger partial charge on any atom is 0.209 e. The summed E-state index contributed by atoms with van der Waals surface area (Å²) in [5, 5.41) is 13.1. The van der Waals surface area contributed by atoms with E-state index in [1.54, 1.807) is 31.2 Å². The highest BCUT2D eigenvalue weighted by atomic mass is 32.2. The molecule has 1 fully saturated rings. The van der Waals surface area contributed by atoms with Gasteiger partial charge in [0.05, 0.1) is 15.5 Å². The number of piperazine rings is 1. The summed E-state index contributed by atoms with van der Waals surface area (Å²) in [6.45, 7) is 6.82. The Morgan fingerprint density at radius 2 is 1.71 bits per heavy atom. The van der Waals surface area contributed by atoms with Crippen LogP contribution in [0.5, 0.6) is 5.75 Å². The molecule has 24 heavy (non-hydrogen) atoms. The summed E-state index contributed by atoms with van der Waals surface area (Å²) in [7, 11) is -3.71. The first-order valence-corrected chi connectivity index (χ1v) is 9.49. The molecule has 3 rings (SSSR count). The molecule has 2 aromatic carbocycles. The molecular weight excluding hydrogens is 324 g/mol. The summed E-state index contributed by atoms with van der Waals surface area (Å²) in [6, 6.07) is 9.89. The first kappa shape index (κ1) is 16.8. The Hall–Kier alpha value is -2.05. The van der Waals surface area contributed by atoms with Gasteiger partial charge >= 0.3 is 0 Å². The minimum absolute atomic E-state index is 0.0442. The van der Waals surface area contributed by atoms with Crippen molar-refractivity contribution in [2.45, 2.75) is 23.6 Å². The summed E-state index contributed by atoms with van der Waals surface area (Å²) < 4.78 is 26.5. The third-order valence-corrected chi connectivity index (χ3v) is 6.25. The zero-order chi connectivity index (χ0) is 17.3. The van der Waals surface area contributed by atoms with Crippen molar-refractivity contribution in [3.63, 3.8) is 0 Å². The number of sulfone groups is 1. The van der Waals surface area contributed by atoms with Crippen LogP contribution in [0.4, 0.5) is 5.69 Å². The normalized spacial score (nSPS) is 15.5. The van der Waals surface area contributed by atoms with Crippen molar-refractivity contribution in [2.75, 3.05) is 31.1 Å². The first-order chi connectivity index (χ1) is 11.4. The van der Waals surface area contributed by atoms with E-state index in [1.807, 2.05) is 17.9 Å². The summed E-state index contributed by atoms with van der Waals surface area (Å²) in [5.74, 6) is -0.0442. The lowest BCUT2D eigenvalue weighted by Gasteiger charge is -2.31. The Balaban J connectivity index is 2.14. The van der Waals surface area contributed by atoms with Crippen molar-refractivity contribution in [1.82, 2.24) is 5.32 Å². The number of hydrogen-bond donors (Lipinski definition) is 2. The van der Waals surface area contributed by atoms with Crippen molar-refractivity contribution in [2.24, 2.45) is 0 Å². The number of nitrogens with zero attached hydrogens (tertiary/aromatic N) is 1. The number of nitrogens with one attached hydrogen (secondary N) is 1. The molecule has 0 amide bonds. The maximum atomic E-state index is 13.2. The smallest absolute Gasteiger partial charge is 0.209 e. The molecule has 1 aliphatic rings. The Labute approximate surface area is 142 Å². The highest BCUT2D eigenvalue weighted by Gasteiger charge is 2.26. The van der Waals surface area contributed by atoms with Gasteiger partial charge in [-0.2, -0.15) is 0 Å². The minimum atomic E-state index is -3.71. The van der Waals surface area contributed by atoms with E-state index in [0.29, 0.717) is 11.3 Å². The van der Waals surface area contributed by atoms with Crippen LogP contribution < -0.4 is 10.2 Å². The molecule has 0 spiro atoms. The molecule has 0 aromatic heterocycles. The molecule has 1 saturated heterocycles. The molecule has 0 bridgehead atoms. The molecule has 0 aliphatic carbocycles. The molecular formula is C18H22N2O3S. The third-order valence-electron chi connectivity index (χ3n) is 4.31. The molecule has 0 unspecified atom stereocenters. The fraction of sp³-hybridized carbons (Fsp3) is 0.333. The lowest BCUT2D eigenvalue weighted by atomic mass is 10.2. The molecule has 1 aliphatic heterocycles. The number of aromatic hydroxyl groups is 1. The van der Waals surface area contributed by atoms with Gasteiger partial charge in [0.15, 0.2) is 0 Å². The number of hydrogen-bond acceptors (Lipinski definition) is 5. The Bertz CT molecular complexity index is 857. The fourth-order valence-electron chi connectivity index (χ4n) is 3.10. The molecule has 5 nitrogen and oxygen atoms in total. The van der Waals surface area contributed by atoms with E-state index in [4.69, 9.17) is 0 Å². The number of benzene rings is 2. The number of anilines is 1. The fourth-order valence-corrected chi connectivity index (χ4v) is 4.82. The van der Waals surface area contributed by atoms with Crippen LogP contribution >= 0.6 is 0 Å². The van der Waals surface area contributed by atoms with Gasteiger partial charge in [0.2, 0.25) is 9.84 Å². The van der Waals surface area contributed by atoms with Crippen molar-refractivity contribution in [3.8, 4) is 5.75 Å². The third kappa shape index (κ3) is 3.12. The molecule has 0 saturated carbocycles. The van der Waals surface area contributed by atoms with E-state index in [0.717, 1.165) is 31.7 Å². The van der Waals surface area contributed by atoms with Gasteiger partial charge in [-0.25, -0.2) is 8.42 Å². The molecule has 1 heterocycles. The predicted octanol–water partition coefficient (Wildman–Crippen LogP) is 2.25. The number of phenols is 1. The van der Waals surface area contributed by atoms with Gasteiger partial charge in [-0.3, -0.25) is 0 Å². The molecule has 2 aromatic rings. The van der Waals surface area contributed by atoms with Crippen LogP contribution in [-0.4, -0.2) is 39.7 Å². The average molecular weight is 346 g/mol. The second-order valence-corrected chi connectivity index (χ2v) is 8.05. The van der Waals surface area contributed by atoms with Gasteiger partial charge in [0, 0.05) is 32.2 Å². The van der Waals surface area contributed by atoms with Crippen molar-refractivity contribution in [1.29, 1.82) is 0 Å². The number of rotatable bonds is 3. The van der Waals surface area contributed by atoms with Crippen LogP contribution in [0.1, 0.15) is 11.1 Å². The largest absolute Gasteiger partial charge is 0.508 e. The van der Waals surface area contributed by atoms with E-state index in [9.17, 15) is 13.5 Å². The van der Waals surface area contributed by atoms with E-state index in [1.165, 1.54) is 6.07 Å². The van der Waals surface area contributed by atoms with Gasteiger partial charge in [0.25, 0.3) is 0 Å². The summed E-state index contributed by atoms with van der Waals surface area (Å²) in [4.78, 5) is 2.50. The SMILES string of the molecule is Cc1ccc(S(=O)(=O)c2cc(O)ccc2N2CCNCC2)c(C)c1. The Morgan fingerprint density at radius 1 is 1.00 bits per heavy atom. The van der Waals surface area contributed by atoms with Crippen molar-refractivity contribution >= 4 is 15.5 Å². The van der Waals surface area contributed by atoms with Gasteiger partial charge < -0.3 is 15.3 Å². The summed E-state index contributed by atoms with van der Waals surface area (Å²) in [6.07, 6.45) is 0. The Morgan fingerprint density at radius 3 is 2.38 bits per heavy atom. The quantitative estimate of drug-likeness (QED) is 0.892. The lowest BCUT2D eigenvalue weighted by Crippen LogP contribution is -2.44. The van der Waals surface area contributed by atoms with Crippen LogP contribution in [0.25, 0.3) is 0 Å². The van der Waals surface area contributed by atoms with E-state index in [-0.39, 0.29) is 15.5 Å². The van der Waals surface area contributed by atoms with Crippen molar-refractivity contribution < 1.29 is 13.5 Å². The van der Waals surface area contributed by atoms with Crippen molar-refractivity contribution in [3.05, 3.63) is 47.5 Å². The van der Waals surface area contributed by atoms with E-state index in [2.05, 4.69) is 5.32 Å². The average Bonchev–Trinajstić information content (AvgIpc) is 2.55. The maximum absolute atomic E-state index is 13.2. The number of phenolic OH excluding ortho intramolecular Hbond substituents is 1. The standard InChI is InChI=1S/C18H22N2O3S/c1-13-3-6-17(14(2)11-13)24(22,23)18-12-15(21)4-5-16(18)20-9-7-19-8-10-20/h3-6,11-12,19,21H,7-10H2,1-2H3. The number of aryl methyl sites for hydroxylation is 2. The summed E-state index contributed by atoms with van der Waals surface area (Å²) in [5.41, 5.74) is 2.38. The highest BCUT2D eigenvalue weighted by Crippen LogP contribution is 2.34. The van der Waals surface area contributed by atoms with Gasteiger partial charge in [-0.1, -0.05) is 17.7 Å².